The molecule has 1 aliphatic rings. The molecular weight excluding hydrogens is 665 g/mol. The number of nitro benzene ring substituents is 1. The van der Waals surface area contributed by atoms with Crippen LogP contribution in [0, 0.1) is 10.1 Å². The van der Waals surface area contributed by atoms with E-state index in [0.29, 0.717) is 22.6 Å². The normalized spacial score (nSPS) is 14.2. The summed E-state index contributed by atoms with van der Waals surface area (Å²) in [6, 6.07) is 31.6. The number of hydrogen-bond donors (Lipinski definition) is 1. The number of nitrogens with zero attached hydrogens (tertiary/aromatic N) is 3. The quantitative estimate of drug-likeness (QED) is 0.0501. The molecular formula is C40H34N4O6S. The topological polar surface area (TPSA) is 131 Å². The highest BCUT2D eigenvalue weighted by Gasteiger charge is 2.35. The fraction of sp³-hybridized carbons (Fsp3) is 0.100. The number of allylic oxidation sites excluding steroid dienone is 4. The minimum atomic E-state index is -0.765. The smallest absolute Gasteiger partial charge is 0.285 e. The van der Waals surface area contributed by atoms with Gasteiger partial charge in [0.2, 0.25) is 5.91 Å². The third-order valence-electron chi connectivity index (χ3n) is 7.67. The highest BCUT2D eigenvalue weighted by atomic mass is 32.2. The zero-order valence-electron chi connectivity index (χ0n) is 27.7. The average Bonchev–Trinajstić information content (AvgIpc) is 3.16. The Bertz CT molecular complexity index is 2000. The molecule has 0 radical (unpaired) electrons. The second-order valence-electron chi connectivity index (χ2n) is 11.1. The number of aliphatic imine (C=N–C) groups is 1. The van der Waals surface area contributed by atoms with Crippen molar-refractivity contribution >= 4 is 46.4 Å². The molecule has 51 heavy (non-hydrogen) atoms. The average molecular weight is 699 g/mol. The second kappa shape index (κ2) is 17.4. The summed E-state index contributed by atoms with van der Waals surface area (Å²) < 4.78 is 6.00. The van der Waals surface area contributed by atoms with Gasteiger partial charge in [-0.2, -0.15) is 4.99 Å². The Kier molecular flexibility index (Phi) is 12.2. The number of benzene rings is 4. The van der Waals surface area contributed by atoms with Gasteiger partial charge in [-0.1, -0.05) is 115 Å². The van der Waals surface area contributed by atoms with E-state index < -0.39 is 22.8 Å². The molecule has 5 rings (SSSR count). The van der Waals surface area contributed by atoms with Crippen molar-refractivity contribution in [3.63, 3.8) is 0 Å². The van der Waals surface area contributed by atoms with Crippen molar-refractivity contribution in [3.05, 3.63) is 184 Å². The second-order valence-corrected chi connectivity index (χ2v) is 12.0. The molecule has 3 amide bonds. The standard InChI is InChI=1S/C40H34N4O6S/c1-3-5-19-32(4-2)43-39(47)34(25-31-18-12-13-20-35(31)50-26-28-21-23-33(24-22-28)44(48)49)38(46)42-40(43)51-27-36(45)41-37(29-14-8-6-9-15-29)30-16-10-7-11-17-30/h3-25,37H,1,26-27H2,2H3,(H,41,45)/b19-5-,32-4+,34-25+. The summed E-state index contributed by atoms with van der Waals surface area (Å²) in [4.78, 5) is 57.1. The number of carbonyl (C=O) groups is 3. The van der Waals surface area contributed by atoms with E-state index in [1.54, 1.807) is 67.6 Å². The van der Waals surface area contributed by atoms with E-state index in [1.807, 2.05) is 60.7 Å². The van der Waals surface area contributed by atoms with Crippen molar-refractivity contribution in [2.24, 2.45) is 4.99 Å². The summed E-state index contributed by atoms with van der Waals surface area (Å²) in [7, 11) is 0. The monoisotopic (exact) mass is 698 g/mol. The number of carbonyl (C=O) groups excluding carboxylic acids is 3. The molecule has 0 atom stereocenters. The molecule has 0 aliphatic carbocycles. The Morgan fingerprint density at radius 1 is 0.961 bits per heavy atom. The lowest BCUT2D eigenvalue weighted by molar-refractivity contribution is -0.384. The van der Waals surface area contributed by atoms with Crippen LogP contribution in [0.2, 0.25) is 0 Å². The summed E-state index contributed by atoms with van der Waals surface area (Å²) in [5, 5.41) is 14.1. The lowest BCUT2D eigenvalue weighted by atomic mass is 9.99. The number of amides is 3. The van der Waals surface area contributed by atoms with E-state index in [-0.39, 0.29) is 34.7 Å². The highest BCUT2D eigenvalue weighted by Crippen LogP contribution is 2.29. The van der Waals surface area contributed by atoms with Crippen LogP contribution in [0.5, 0.6) is 5.75 Å². The summed E-state index contributed by atoms with van der Waals surface area (Å²) in [5.41, 5.74) is 3.16. The van der Waals surface area contributed by atoms with Gasteiger partial charge in [-0.25, -0.2) is 0 Å². The first-order valence-corrected chi connectivity index (χ1v) is 16.9. The molecule has 0 saturated heterocycles. The van der Waals surface area contributed by atoms with Crippen molar-refractivity contribution in [2.45, 2.75) is 19.6 Å². The molecule has 0 bridgehead atoms. The van der Waals surface area contributed by atoms with Crippen LogP contribution in [0.25, 0.3) is 6.08 Å². The van der Waals surface area contributed by atoms with E-state index >= 15 is 0 Å². The predicted molar refractivity (Wildman–Crippen MR) is 200 cm³/mol. The van der Waals surface area contributed by atoms with Gasteiger partial charge in [-0.3, -0.25) is 29.4 Å². The Morgan fingerprint density at radius 2 is 1.59 bits per heavy atom. The van der Waals surface area contributed by atoms with Gasteiger partial charge in [0.1, 0.15) is 17.9 Å². The lowest BCUT2D eigenvalue weighted by Gasteiger charge is -2.28. The van der Waals surface area contributed by atoms with Crippen LogP contribution in [0.4, 0.5) is 5.69 Å². The molecule has 0 fully saturated rings. The minimum absolute atomic E-state index is 0.0338. The zero-order chi connectivity index (χ0) is 36.2. The van der Waals surface area contributed by atoms with Crippen molar-refractivity contribution in [1.82, 2.24) is 10.2 Å². The fourth-order valence-corrected chi connectivity index (χ4v) is 5.96. The van der Waals surface area contributed by atoms with E-state index in [4.69, 9.17) is 4.74 Å². The van der Waals surface area contributed by atoms with Gasteiger partial charge in [0.15, 0.2) is 5.17 Å². The van der Waals surface area contributed by atoms with Gasteiger partial charge in [-0.05, 0) is 54.0 Å². The fourth-order valence-electron chi connectivity index (χ4n) is 5.15. The van der Waals surface area contributed by atoms with E-state index in [0.717, 1.165) is 22.9 Å². The van der Waals surface area contributed by atoms with Crippen molar-refractivity contribution < 1.29 is 24.0 Å². The molecule has 4 aromatic rings. The number of nitrogens with one attached hydrogen (secondary N) is 1. The van der Waals surface area contributed by atoms with Crippen LogP contribution < -0.4 is 10.1 Å². The van der Waals surface area contributed by atoms with Crippen LogP contribution >= 0.6 is 11.8 Å². The largest absolute Gasteiger partial charge is 0.488 e. The molecule has 4 aromatic carbocycles. The third kappa shape index (κ3) is 9.22. The molecule has 10 nitrogen and oxygen atoms in total. The van der Waals surface area contributed by atoms with E-state index in [1.165, 1.54) is 23.1 Å². The number of thioether (sulfide) groups is 1. The summed E-state index contributed by atoms with van der Waals surface area (Å²) in [6.07, 6.45) is 8.00. The van der Waals surface area contributed by atoms with Gasteiger partial charge in [0, 0.05) is 23.4 Å². The number of nitro groups is 1. The molecule has 11 heteroatoms. The molecule has 1 N–H and O–H groups in total. The first-order chi connectivity index (χ1) is 24.8. The number of ether oxygens (including phenoxy) is 1. The summed E-state index contributed by atoms with van der Waals surface area (Å²) in [6.45, 7) is 5.56. The molecule has 0 saturated carbocycles. The van der Waals surface area contributed by atoms with Crippen LogP contribution in [0.3, 0.4) is 0 Å². The highest BCUT2D eigenvalue weighted by molar-refractivity contribution is 8.14. The van der Waals surface area contributed by atoms with Gasteiger partial charge in [0.25, 0.3) is 17.5 Å². The molecule has 0 aromatic heterocycles. The minimum Gasteiger partial charge on any atom is -0.488 e. The molecule has 1 heterocycles. The first kappa shape index (κ1) is 36.0. The Balaban J connectivity index is 1.39. The number of para-hydroxylation sites is 1. The molecule has 1 aliphatic heterocycles. The molecule has 256 valence electrons. The Morgan fingerprint density at radius 3 is 2.20 bits per heavy atom. The van der Waals surface area contributed by atoms with Gasteiger partial charge >= 0.3 is 0 Å². The SMILES string of the molecule is C=C/C=C\C(=C/C)N1C(=O)/C(=C/c2ccccc2OCc2ccc([N+](=O)[O-])cc2)C(=O)N=C1SCC(=O)NC(c1ccccc1)c1ccccc1. The van der Waals surface area contributed by atoms with Crippen LogP contribution in [0.1, 0.15) is 35.2 Å². The third-order valence-corrected chi connectivity index (χ3v) is 8.61. The molecule has 0 spiro atoms. The predicted octanol–water partition coefficient (Wildman–Crippen LogP) is 7.57. The maximum atomic E-state index is 14.1. The maximum absolute atomic E-state index is 14.1. The number of hydrogen-bond acceptors (Lipinski definition) is 7. The summed E-state index contributed by atoms with van der Waals surface area (Å²) in [5.74, 6) is -1.44. The zero-order valence-corrected chi connectivity index (χ0v) is 28.5. The van der Waals surface area contributed by atoms with Gasteiger partial charge < -0.3 is 10.1 Å². The Labute approximate surface area is 299 Å². The van der Waals surface area contributed by atoms with Crippen molar-refractivity contribution in [3.8, 4) is 5.75 Å². The van der Waals surface area contributed by atoms with Crippen LogP contribution in [-0.2, 0) is 21.0 Å². The Hall–Kier alpha value is -6.33. The maximum Gasteiger partial charge on any atom is 0.285 e. The van der Waals surface area contributed by atoms with Crippen LogP contribution in [-0.4, -0.2) is 38.5 Å². The van der Waals surface area contributed by atoms with E-state index in [2.05, 4.69) is 16.9 Å². The van der Waals surface area contributed by atoms with Gasteiger partial charge in [-0.15, -0.1) is 0 Å². The van der Waals surface area contributed by atoms with Crippen molar-refractivity contribution in [2.75, 3.05) is 5.75 Å². The molecule has 0 unspecified atom stereocenters. The first-order valence-electron chi connectivity index (χ1n) is 15.9. The number of non-ortho nitro benzene ring substituents is 1. The van der Waals surface area contributed by atoms with Gasteiger partial charge in [0.05, 0.1) is 16.7 Å². The van der Waals surface area contributed by atoms with Crippen LogP contribution in [0.15, 0.2) is 156 Å². The number of rotatable bonds is 13. The van der Waals surface area contributed by atoms with E-state index in [9.17, 15) is 24.5 Å². The number of amidine groups is 1. The lowest BCUT2D eigenvalue weighted by Crippen LogP contribution is -2.42. The van der Waals surface area contributed by atoms with Crippen molar-refractivity contribution in [1.29, 1.82) is 0 Å². The summed E-state index contributed by atoms with van der Waals surface area (Å²) >= 11 is 0.978.